The molecule has 0 unspecified atom stereocenters. The number of rotatable bonds is 3. The van der Waals surface area contributed by atoms with Crippen LogP contribution in [0.25, 0.3) is 22.0 Å². The minimum atomic E-state index is -4.72. The van der Waals surface area contributed by atoms with Gasteiger partial charge in [0, 0.05) is 23.1 Å². The Bertz CT molecular complexity index is 1020. The van der Waals surface area contributed by atoms with Gasteiger partial charge in [-0.25, -0.2) is 0 Å². The van der Waals surface area contributed by atoms with Crippen LogP contribution in [-0.4, -0.2) is 22.8 Å². The van der Waals surface area contributed by atoms with E-state index in [-0.39, 0.29) is 11.8 Å². The maximum absolute atomic E-state index is 12.4. The highest BCUT2D eigenvalue weighted by atomic mass is 19.4. The molecule has 2 heterocycles. The first-order valence-corrected chi connectivity index (χ1v) is 8.58. The van der Waals surface area contributed by atoms with Crippen molar-refractivity contribution in [3.8, 4) is 23.1 Å². The van der Waals surface area contributed by atoms with Crippen LogP contribution in [0.1, 0.15) is 24.6 Å². The number of hydrogen-bond donors (Lipinski definition) is 1. The zero-order valence-electron chi connectivity index (χ0n) is 14.3. The number of nitrogens with zero attached hydrogens (tertiary/aromatic N) is 2. The second kappa shape index (κ2) is 6.54. The zero-order valence-corrected chi connectivity index (χ0v) is 14.3. The van der Waals surface area contributed by atoms with Crippen molar-refractivity contribution < 1.29 is 17.9 Å². The van der Waals surface area contributed by atoms with E-state index in [0.29, 0.717) is 5.56 Å². The molecule has 1 aliphatic heterocycles. The van der Waals surface area contributed by atoms with Crippen molar-refractivity contribution in [3.63, 3.8) is 0 Å². The molecular weight excluding hydrogens is 355 g/mol. The van der Waals surface area contributed by atoms with E-state index in [0.717, 1.165) is 41.5 Å². The maximum Gasteiger partial charge on any atom is 0.573 e. The summed E-state index contributed by atoms with van der Waals surface area (Å²) in [5, 5.41) is 10.2. The monoisotopic (exact) mass is 371 g/mol. The molecule has 0 aliphatic carbocycles. The summed E-state index contributed by atoms with van der Waals surface area (Å²) in [7, 11) is 0. The molecule has 1 N–H and O–H groups in total. The van der Waals surface area contributed by atoms with Crippen molar-refractivity contribution in [2.75, 3.05) is 6.54 Å². The van der Waals surface area contributed by atoms with Crippen LogP contribution in [0.15, 0.2) is 48.5 Å². The van der Waals surface area contributed by atoms with Crippen LogP contribution in [0.4, 0.5) is 13.2 Å². The fourth-order valence-electron chi connectivity index (χ4n) is 3.60. The molecule has 0 amide bonds. The van der Waals surface area contributed by atoms with E-state index in [1.807, 2.05) is 24.3 Å². The average molecular weight is 371 g/mol. The highest BCUT2D eigenvalue weighted by Gasteiger charge is 2.31. The van der Waals surface area contributed by atoms with Crippen LogP contribution in [0.2, 0.25) is 0 Å². The molecule has 0 bridgehead atoms. The highest BCUT2D eigenvalue weighted by Crippen LogP contribution is 2.34. The molecule has 138 valence electrons. The van der Waals surface area contributed by atoms with Crippen molar-refractivity contribution in [2.24, 2.45) is 0 Å². The zero-order chi connectivity index (χ0) is 19.0. The van der Waals surface area contributed by atoms with E-state index in [9.17, 15) is 18.4 Å². The number of nitriles is 1. The Morgan fingerprint density at radius 3 is 2.70 bits per heavy atom. The van der Waals surface area contributed by atoms with Crippen LogP contribution >= 0.6 is 0 Å². The van der Waals surface area contributed by atoms with Gasteiger partial charge in [-0.15, -0.1) is 13.2 Å². The van der Waals surface area contributed by atoms with E-state index < -0.39 is 6.36 Å². The normalized spacial score (nSPS) is 17.3. The van der Waals surface area contributed by atoms with E-state index in [1.165, 1.54) is 18.2 Å². The number of likely N-dealkylation sites (tertiary alicyclic amines) is 1. The average Bonchev–Trinajstić information content (AvgIpc) is 3.25. The topological polar surface area (TPSA) is 52.1 Å². The molecule has 3 aromatic rings. The number of aromatic nitrogens is 1. The fraction of sp³-hybridized carbons (Fsp3) is 0.250. The molecule has 0 spiro atoms. The van der Waals surface area contributed by atoms with Crippen molar-refractivity contribution in [1.29, 1.82) is 5.26 Å². The first-order chi connectivity index (χ1) is 12.9. The van der Waals surface area contributed by atoms with E-state index in [2.05, 4.69) is 15.9 Å². The van der Waals surface area contributed by atoms with Crippen LogP contribution in [-0.2, 0) is 0 Å². The summed E-state index contributed by atoms with van der Waals surface area (Å²) in [4.78, 5) is 5.12. The van der Waals surface area contributed by atoms with Gasteiger partial charge < -0.3 is 14.6 Å². The molecule has 2 aromatic carbocycles. The number of halogens is 3. The van der Waals surface area contributed by atoms with Gasteiger partial charge >= 0.3 is 6.36 Å². The Balaban J connectivity index is 1.66. The summed E-state index contributed by atoms with van der Waals surface area (Å²) in [6, 6.07) is 13.7. The first kappa shape index (κ1) is 17.3. The van der Waals surface area contributed by atoms with Crippen LogP contribution < -0.4 is 4.74 Å². The lowest BCUT2D eigenvalue weighted by atomic mass is 10.0. The molecular formula is C20H16F3N3O. The molecule has 1 atom stereocenters. The van der Waals surface area contributed by atoms with Gasteiger partial charge in [0.25, 0.3) is 0 Å². The van der Waals surface area contributed by atoms with E-state index >= 15 is 0 Å². The lowest BCUT2D eigenvalue weighted by molar-refractivity contribution is -0.274. The predicted octanol–water partition coefficient (Wildman–Crippen LogP) is 5.35. The third-order valence-corrected chi connectivity index (χ3v) is 4.78. The predicted molar refractivity (Wildman–Crippen MR) is 94.7 cm³/mol. The van der Waals surface area contributed by atoms with Crippen LogP contribution in [0, 0.1) is 11.5 Å². The molecule has 4 rings (SSSR count). The number of hydrogen-bond acceptors (Lipinski definition) is 3. The molecule has 0 saturated carbocycles. The summed E-state index contributed by atoms with van der Waals surface area (Å²) >= 11 is 0. The smallest absolute Gasteiger partial charge is 0.406 e. The van der Waals surface area contributed by atoms with Crippen molar-refractivity contribution >= 4 is 10.9 Å². The van der Waals surface area contributed by atoms with Crippen molar-refractivity contribution in [1.82, 2.24) is 9.88 Å². The van der Waals surface area contributed by atoms with Gasteiger partial charge in [0.15, 0.2) is 6.19 Å². The lowest BCUT2D eigenvalue weighted by Gasteiger charge is -2.16. The first-order valence-electron chi connectivity index (χ1n) is 8.58. The number of alkyl halides is 3. The Labute approximate surface area is 153 Å². The van der Waals surface area contributed by atoms with Gasteiger partial charge in [0.05, 0.1) is 6.04 Å². The molecule has 27 heavy (non-hydrogen) atoms. The molecule has 1 aliphatic rings. The molecule has 0 radical (unpaired) electrons. The second-order valence-corrected chi connectivity index (χ2v) is 6.55. The highest BCUT2D eigenvalue weighted by molar-refractivity contribution is 5.86. The standard InChI is InChI=1S/C20H16F3N3O/c21-20(22,23)27-16-4-1-3-13(10-16)14-6-7-17-15(9-14)11-18(25-17)19-5-2-8-26(19)12-24/h1,3-4,6-7,9-11,19,25H,2,5,8H2/t19-/m0/s1. The Morgan fingerprint density at radius 1 is 1.11 bits per heavy atom. The van der Waals surface area contributed by atoms with Crippen molar-refractivity contribution in [2.45, 2.75) is 25.2 Å². The van der Waals surface area contributed by atoms with Crippen LogP contribution in [0.3, 0.4) is 0 Å². The number of fused-ring (bicyclic) bond motifs is 1. The largest absolute Gasteiger partial charge is 0.573 e. The minimum absolute atomic E-state index is 0.0503. The summed E-state index contributed by atoms with van der Waals surface area (Å²) in [5.74, 6) is -0.245. The van der Waals surface area contributed by atoms with E-state index in [4.69, 9.17) is 0 Å². The summed E-state index contributed by atoms with van der Waals surface area (Å²) < 4.78 is 41.3. The number of nitrogens with one attached hydrogen (secondary N) is 1. The number of aromatic amines is 1. The van der Waals surface area contributed by atoms with Gasteiger partial charge in [0.1, 0.15) is 5.75 Å². The maximum atomic E-state index is 12.4. The van der Waals surface area contributed by atoms with Crippen molar-refractivity contribution in [3.05, 3.63) is 54.2 Å². The Kier molecular flexibility index (Phi) is 4.19. The Hall–Kier alpha value is -3.14. The molecule has 4 nitrogen and oxygen atoms in total. The van der Waals surface area contributed by atoms with Gasteiger partial charge in [-0.3, -0.25) is 0 Å². The van der Waals surface area contributed by atoms with Crippen LogP contribution in [0.5, 0.6) is 5.75 Å². The van der Waals surface area contributed by atoms with E-state index in [1.54, 1.807) is 11.0 Å². The molecule has 1 fully saturated rings. The SMILES string of the molecule is N#CN1CCC[C@H]1c1cc2cc(-c3cccc(OC(F)(F)F)c3)ccc2[nH]1. The third kappa shape index (κ3) is 3.56. The van der Waals surface area contributed by atoms with Gasteiger partial charge in [0.2, 0.25) is 0 Å². The minimum Gasteiger partial charge on any atom is -0.406 e. The molecule has 7 heteroatoms. The van der Waals surface area contributed by atoms with Gasteiger partial charge in [-0.2, -0.15) is 5.26 Å². The Morgan fingerprint density at radius 2 is 1.93 bits per heavy atom. The summed E-state index contributed by atoms with van der Waals surface area (Å²) in [6.45, 7) is 0.758. The quantitative estimate of drug-likeness (QED) is 0.631. The molecule has 1 saturated heterocycles. The molecule has 1 aromatic heterocycles. The lowest BCUT2D eigenvalue weighted by Crippen LogP contribution is -2.17. The third-order valence-electron chi connectivity index (χ3n) is 4.78. The number of ether oxygens (including phenoxy) is 1. The number of H-pyrrole nitrogens is 1. The summed E-state index contributed by atoms with van der Waals surface area (Å²) in [5.41, 5.74) is 3.35. The second-order valence-electron chi connectivity index (χ2n) is 6.55. The van der Waals surface area contributed by atoms with Gasteiger partial charge in [-0.05, 0) is 54.3 Å². The van der Waals surface area contributed by atoms with Gasteiger partial charge in [-0.1, -0.05) is 18.2 Å². The summed E-state index contributed by atoms with van der Waals surface area (Å²) in [6.07, 6.45) is -0.592. The fourth-order valence-corrected chi connectivity index (χ4v) is 3.60. The number of benzene rings is 2.